The molecule has 0 saturated carbocycles. The van der Waals surface area contributed by atoms with Crippen LogP contribution in [0.1, 0.15) is 49.3 Å². The van der Waals surface area contributed by atoms with E-state index < -0.39 is 0 Å². The highest BCUT2D eigenvalue weighted by atomic mass is 16.1. The third-order valence-corrected chi connectivity index (χ3v) is 5.01. The molecular weight excluding hydrogens is 326 g/mol. The first-order valence-corrected chi connectivity index (χ1v) is 8.35. The smallest absolute Gasteiger partial charge is 0.196 e. The molecule has 4 heteroatoms. The Morgan fingerprint density at radius 3 is 2.04 bits per heavy atom. The fourth-order valence-corrected chi connectivity index (χ4v) is 3.93. The predicted molar refractivity (Wildman–Crippen MR) is 98.2 cm³/mol. The van der Waals surface area contributed by atoms with E-state index in [4.69, 9.17) is 0 Å². The van der Waals surface area contributed by atoms with E-state index in [1.54, 1.807) is 28.7 Å². The molecule has 124 valence electrons. The minimum Gasteiger partial charge on any atom is -0.305 e. The van der Waals surface area contributed by atoms with Crippen LogP contribution in [0.2, 0.25) is 0 Å². The molecule has 0 atom stereocenters. The molecule has 4 nitrogen and oxygen atoms in total. The Bertz CT molecular complexity index is 1290. The molecule has 26 heavy (non-hydrogen) atoms. The van der Waals surface area contributed by atoms with E-state index in [-0.39, 0.29) is 28.6 Å². The topological polar surface area (TPSA) is 55.6 Å². The second-order valence-electron chi connectivity index (χ2n) is 6.47. The van der Waals surface area contributed by atoms with Gasteiger partial charge in [-0.1, -0.05) is 48.5 Å². The zero-order chi connectivity index (χ0) is 18.0. The van der Waals surface area contributed by atoms with E-state index in [9.17, 15) is 14.4 Å². The van der Waals surface area contributed by atoms with Crippen LogP contribution in [0.4, 0.5) is 0 Å². The fourth-order valence-electron chi connectivity index (χ4n) is 3.93. The van der Waals surface area contributed by atoms with Gasteiger partial charge in [0.25, 0.3) is 0 Å². The second-order valence-corrected chi connectivity index (χ2v) is 6.47. The standard InChI is InChI=1S/C22H13NO3/c1-12(24)20-19-18(21(25)14-7-3-4-8-15(14)22(19)26)17-11-10-13-6-2-5-9-16(13)23(17)20/h2-11H,1H3. The van der Waals surface area contributed by atoms with E-state index in [1.807, 2.05) is 36.4 Å². The van der Waals surface area contributed by atoms with E-state index in [1.165, 1.54) is 6.92 Å². The zero-order valence-corrected chi connectivity index (χ0v) is 13.9. The fraction of sp³-hybridized carbons (Fsp3) is 0.0455. The minimum atomic E-state index is -0.270. The van der Waals surface area contributed by atoms with Crippen molar-refractivity contribution in [3.63, 3.8) is 0 Å². The monoisotopic (exact) mass is 339 g/mol. The summed E-state index contributed by atoms with van der Waals surface area (Å²) in [7, 11) is 0. The third kappa shape index (κ3) is 1.70. The van der Waals surface area contributed by atoms with Crippen molar-refractivity contribution in [3.8, 4) is 0 Å². The molecule has 2 aromatic heterocycles. The van der Waals surface area contributed by atoms with Crippen molar-refractivity contribution in [2.24, 2.45) is 0 Å². The molecule has 0 aliphatic heterocycles. The maximum Gasteiger partial charge on any atom is 0.196 e. The Hall–Kier alpha value is -3.53. The molecule has 0 unspecified atom stereocenters. The number of hydrogen-bond acceptors (Lipinski definition) is 3. The molecule has 2 heterocycles. The van der Waals surface area contributed by atoms with Crippen molar-refractivity contribution >= 4 is 33.8 Å². The van der Waals surface area contributed by atoms with E-state index in [2.05, 4.69) is 0 Å². The molecule has 0 N–H and O–H groups in total. The Kier molecular flexibility index (Phi) is 2.84. The molecular formula is C22H13NO3. The van der Waals surface area contributed by atoms with Crippen molar-refractivity contribution in [3.05, 3.63) is 88.6 Å². The number of carbonyl (C=O) groups is 3. The van der Waals surface area contributed by atoms with Gasteiger partial charge in [0.15, 0.2) is 17.3 Å². The van der Waals surface area contributed by atoms with Gasteiger partial charge in [0.2, 0.25) is 0 Å². The Labute approximate surface area is 148 Å². The van der Waals surface area contributed by atoms with Crippen LogP contribution in [-0.2, 0) is 0 Å². The van der Waals surface area contributed by atoms with E-state index in [0.717, 1.165) is 10.9 Å². The highest BCUT2D eigenvalue weighted by Gasteiger charge is 2.37. The van der Waals surface area contributed by atoms with Crippen LogP contribution in [0.5, 0.6) is 0 Å². The lowest BCUT2D eigenvalue weighted by Crippen LogP contribution is -2.21. The number of rotatable bonds is 1. The van der Waals surface area contributed by atoms with Crippen LogP contribution in [-0.4, -0.2) is 21.8 Å². The molecule has 0 spiro atoms. The van der Waals surface area contributed by atoms with Gasteiger partial charge in [-0.3, -0.25) is 14.4 Å². The Balaban J connectivity index is 2.04. The number of fused-ring (bicyclic) bond motifs is 6. The summed E-state index contributed by atoms with van der Waals surface area (Å²) >= 11 is 0. The minimum absolute atomic E-state index is 0.213. The van der Waals surface area contributed by atoms with Gasteiger partial charge in [-0.2, -0.15) is 0 Å². The largest absolute Gasteiger partial charge is 0.305 e. The molecule has 0 fully saturated rings. The molecule has 0 bridgehead atoms. The van der Waals surface area contributed by atoms with Gasteiger partial charge in [-0.15, -0.1) is 0 Å². The lowest BCUT2D eigenvalue weighted by Gasteiger charge is -2.14. The van der Waals surface area contributed by atoms with Gasteiger partial charge in [0.1, 0.15) is 5.69 Å². The zero-order valence-electron chi connectivity index (χ0n) is 13.9. The van der Waals surface area contributed by atoms with Crippen molar-refractivity contribution in [1.29, 1.82) is 0 Å². The number of aromatic nitrogens is 1. The first-order chi connectivity index (χ1) is 12.6. The van der Waals surface area contributed by atoms with Crippen molar-refractivity contribution in [2.45, 2.75) is 6.92 Å². The number of nitrogens with zero attached hydrogens (tertiary/aromatic N) is 1. The van der Waals surface area contributed by atoms with Gasteiger partial charge in [-0.25, -0.2) is 0 Å². The van der Waals surface area contributed by atoms with Gasteiger partial charge < -0.3 is 4.40 Å². The second kappa shape index (κ2) is 4.99. The molecule has 5 rings (SSSR count). The summed E-state index contributed by atoms with van der Waals surface area (Å²) in [5.74, 6) is -0.721. The van der Waals surface area contributed by atoms with Crippen LogP contribution in [0, 0.1) is 0 Å². The molecule has 0 saturated heterocycles. The van der Waals surface area contributed by atoms with Gasteiger partial charge in [-0.05, 0) is 17.5 Å². The summed E-state index contributed by atoms with van der Waals surface area (Å²) in [5.41, 5.74) is 2.96. The highest BCUT2D eigenvalue weighted by Crippen LogP contribution is 2.36. The summed E-state index contributed by atoms with van der Waals surface area (Å²) in [6.07, 6.45) is 0. The summed E-state index contributed by atoms with van der Waals surface area (Å²) in [4.78, 5) is 38.8. The first kappa shape index (κ1) is 14.8. The normalized spacial score (nSPS) is 13.1. The molecule has 0 amide bonds. The van der Waals surface area contributed by atoms with Gasteiger partial charge in [0, 0.05) is 18.1 Å². The number of carbonyl (C=O) groups excluding carboxylic acids is 3. The van der Waals surface area contributed by atoms with Crippen LogP contribution in [0.25, 0.3) is 16.4 Å². The maximum atomic E-state index is 13.2. The predicted octanol–water partition coefficient (Wildman–Crippen LogP) is 4.07. The van der Waals surface area contributed by atoms with Gasteiger partial charge >= 0.3 is 0 Å². The van der Waals surface area contributed by atoms with Crippen LogP contribution < -0.4 is 0 Å². The van der Waals surface area contributed by atoms with Gasteiger partial charge in [0.05, 0.1) is 22.2 Å². The maximum absolute atomic E-state index is 13.2. The Morgan fingerprint density at radius 2 is 1.35 bits per heavy atom. The van der Waals surface area contributed by atoms with E-state index in [0.29, 0.717) is 22.2 Å². The summed E-state index contributed by atoms with van der Waals surface area (Å²) in [6.45, 7) is 1.43. The number of benzene rings is 2. The number of hydrogen-bond donors (Lipinski definition) is 0. The highest BCUT2D eigenvalue weighted by molar-refractivity contribution is 6.33. The van der Waals surface area contributed by atoms with Crippen molar-refractivity contribution in [2.75, 3.05) is 0 Å². The molecule has 2 aromatic carbocycles. The number of Topliss-reactive ketones (excluding diaryl/α,β-unsaturated/α-hetero) is 1. The summed E-state index contributed by atoms with van der Waals surface area (Å²) < 4.78 is 1.75. The number of para-hydroxylation sites is 1. The van der Waals surface area contributed by atoms with Crippen LogP contribution in [0.3, 0.4) is 0 Å². The molecule has 1 aliphatic carbocycles. The summed E-state index contributed by atoms with van der Waals surface area (Å²) in [5, 5.41) is 0.937. The first-order valence-electron chi connectivity index (χ1n) is 8.35. The quantitative estimate of drug-likeness (QED) is 0.433. The average molecular weight is 339 g/mol. The van der Waals surface area contributed by atoms with E-state index >= 15 is 0 Å². The lowest BCUT2D eigenvalue weighted by atomic mass is 9.84. The third-order valence-electron chi connectivity index (χ3n) is 5.01. The lowest BCUT2D eigenvalue weighted by molar-refractivity contribution is 0.0968. The molecule has 1 aliphatic rings. The number of pyridine rings is 1. The van der Waals surface area contributed by atoms with Crippen LogP contribution >= 0.6 is 0 Å². The average Bonchev–Trinajstić information content (AvgIpc) is 3.02. The summed E-state index contributed by atoms with van der Waals surface area (Å²) in [6, 6.07) is 18.1. The SMILES string of the molecule is CC(=O)c1c2c(c3ccc4ccccc4n13)C(=O)c1ccccc1C2=O. The molecule has 4 aromatic rings. The van der Waals surface area contributed by atoms with Crippen molar-refractivity contribution < 1.29 is 14.4 Å². The number of ketones is 3. The van der Waals surface area contributed by atoms with Crippen LogP contribution in [0.15, 0.2) is 60.7 Å². The Morgan fingerprint density at radius 1 is 0.731 bits per heavy atom. The molecule has 0 radical (unpaired) electrons. The van der Waals surface area contributed by atoms with Crippen molar-refractivity contribution in [1.82, 2.24) is 4.40 Å².